The van der Waals surface area contributed by atoms with Gasteiger partial charge in [-0.05, 0) is 28.6 Å². The SMILES string of the molecule is COc1ccccc1Cc1ccsc1C(=O)O. The fraction of sp³-hybridized carbons (Fsp3) is 0.154. The summed E-state index contributed by atoms with van der Waals surface area (Å²) in [5, 5.41) is 10.8. The lowest BCUT2D eigenvalue weighted by atomic mass is 10.0. The average molecular weight is 248 g/mol. The van der Waals surface area contributed by atoms with E-state index in [-0.39, 0.29) is 0 Å². The highest BCUT2D eigenvalue weighted by Gasteiger charge is 2.13. The van der Waals surface area contributed by atoms with E-state index in [4.69, 9.17) is 9.84 Å². The first-order chi connectivity index (χ1) is 8.22. The fourth-order valence-electron chi connectivity index (χ4n) is 1.72. The molecule has 2 rings (SSSR count). The number of hydrogen-bond acceptors (Lipinski definition) is 3. The van der Waals surface area contributed by atoms with Crippen molar-refractivity contribution in [3.8, 4) is 5.75 Å². The van der Waals surface area contributed by atoms with Gasteiger partial charge >= 0.3 is 5.97 Å². The van der Waals surface area contributed by atoms with E-state index < -0.39 is 5.97 Å². The minimum atomic E-state index is -0.870. The number of benzene rings is 1. The zero-order valence-corrected chi connectivity index (χ0v) is 10.2. The molecule has 1 N–H and O–H groups in total. The van der Waals surface area contributed by atoms with Crippen molar-refractivity contribution in [3.63, 3.8) is 0 Å². The van der Waals surface area contributed by atoms with Crippen LogP contribution in [0.15, 0.2) is 35.7 Å². The monoisotopic (exact) mass is 248 g/mol. The number of rotatable bonds is 4. The summed E-state index contributed by atoms with van der Waals surface area (Å²) in [6.45, 7) is 0. The van der Waals surface area contributed by atoms with Gasteiger partial charge in [-0.15, -0.1) is 11.3 Å². The number of carboxylic acid groups (broad SMARTS) is 1. The third-order valence-corrected chi connectivity index (χ3v) is 3.46. The van der Waals surface area contributed by atoms with Crippen LogP contribution in [0.2, 0.25) is 0 Å². The second-order valence-corrected chi connectivity index (χ2v) is 4.48. The second-order valence-electron chi connectivity index (χ2n) is 3.57. The Morgan fingerprint density at radius 3 is 2.76 bits per heavy atom. The largest absolute Gasteiger partial charge is 0.496 e. The van der Waals surface area contributed by atoms with Crippen LogP contribution < -0.4 is 4.74 Å². The predicted molar refractivity (Wildman–Crippen MR) is 67.1 cm³/mol. The lowest BCUT2D eigenvalue weighted by Crippen LogP contribution is -1.99. The van der Waals surface area contributed by atoms with Crippen molar-refractivity contribution < 1.29 is 14.6 Å². The van der Waals surface area contributed by atoms with Gasteiger partial charge in [-0.2, -0.15) is 0 Å². The molecule has 0 unspecified atom stereocenters. The van der Waals surface area contributed by atoms with Crippen LogP contribution in [-0.2, 0) is 6.42 Å². The lowest BCUT2D eigenvalue weighted by Gasteiger charge is -2.07. The summed E-state index contributed by atoms with van der Waals surface area (Å²) >= 11 is 1.25. The molecular weight excluding hydrogens is 236 g/mol. The maximum absolute atomic E-state index is 11.0. The summed E-state index contributed by atoms with van der Waals surface area (Å²) in [5.41, 5.74) is 1.82. The number of aromatic carboxylic acids is 1. The molecule has 0 saturated carbocycles. The van der Waals surface area contributed by atoms with Gasteiger partial charge < -0.3 is 9.84 Å². The van der Waals surface area contributed by atoms with E-state index in [9.17, 15) is 4.79 Å². The maximum Gasteiger partial charge on any atom is 0.346 e. The Balaban J connectivity index is 2.31. The fourth-order valence-corrected chi connectivity index (χ4v) is 2.48. The van der Waals surface area contributed by atoms with Crippen molar-refractivity contribution in [2.24, 2.45) is 0 Å². The average Bonchev–Trinajstić information content (AvgIpc) is 2.78. The molecule has 0 saturated heterocycles. The van der Waals surface area contributed by atoms with Gasteiger partial charge in [-0.3, -0.25) is 0 Å². The van der Waals surface area contributed by atoms with Crippen molar-refractivity contribution in [1.29, 1.82) is 0 Å². The minimum Gasteiger partial charge on any atom is -0.496 e. The van der Waals surface area contributed by atoms with Gasteiger partial charge in [0.05, 0.1) is 7.11 Å². The molecule has 0 atom stereocenters. The zero-order valence-electron chi connectivity index (χ0n) is 9.34. The first kappa shape index (κ1) is 11.7. The molecule has 2 aromatic rings. The number of methoxy groups -OCH3 is 1. The molecule has 0 aliphatic carbocycles. The molecule has 1 aromatic carbocycles. The topological polar surface area (TPSA) is 46.5 Å². The van der Waals surface area contributed by atoms with Crippen LogP contribution in [-0.4, -0.2) is 18.2 Å². The van der Waals surface area contributed by atoms with Gasteiger partial charge in [-0.1, -0.05) is 18.2 Å². The highest BCUT2D eigenvalue weighted by atomic mass is 32.1. The molecule has 4 heteroatoms. The van der Waals surface area contributed by atoms with Crippen molar-refractivity contribution in [1.82, 2.24) is 0 Å². The van der Waals surface area contributed by atoms with E-state index in [1.54, 1.807) is 12.5 Å². The Bertz CT molecular complexity index is 531. The maximum atomic E-state index is 11.0. The van der Waals surface area contributed by atoms with Gasteiger partial charge in [-0.25, -0.2) is 4.79 Å². The van der Waals surface area contributed by atoms with Gasteiger partial charge in [0.25, 0.3) is 0 Å². The molecule has 3 nitrogen and oxygen atoms in total. The zero-order chi connectivity index (χ0) is 12.3. The molecule has 1 aromatic heterocycles. The van der Waals surface area contributed by atoms with E-state index in [2.05, 4.69) is 0 Å². The van der Waals surface area contributed by atoms with Crippen LogP contribution in [0, 0.1) is 0 Å². The summed E-state index contributed by atoms with van der Waals surface area (Å²) in [6, 6.07) is 9.49. The summed E-state index contributed by atoms with van der Waals surface area (Å²) in [4.78, 5) is 11.4. The van der Waals surface area contributed by atoms with Crippen LogP contribution in [0.5, 0.6) is 5.75 Å². The van der Waals surface area contributed by atoms with Crippen LogP contribution in [0.4, 0.5) is 0 Å². The van der Waals surface area contributed by atoms with Crippen LogP contribution in [0.3, 0.4) is 0 Å². The molecular formula is C13H12O3S. The second kappa shape index (κ2) is 5.01. The summed E-state index contributed by atoms with van der Waals surface area (Å²) in [7, 11) is 1.62. The summed E-state index contributed by atoms with van der Waals surface area (Å²) < 4.78 is 5.25. The number of thiophene rings is 1. The Morgan fingerprint density at radius 2 is 2.06 bits per heavy atom. The van der Waals surface area contributed by atoms with Crippen LogP contribution in [0.1, 0.15) is 20.8 Å². The number of carbonyl (C=O) groups is 1. The van der Waals surface area contributed by atoms with E-state index in [1.165, 1.54) is 11.3 Å². The molecule has 0 aliphatic heterocycles. The van der Waals surface area contributed by atoms with Crippen molar-refractivity contribution in [2.75, 3.05) is 7.11 Å². The molecule has 0 fully saturated rings. The smallest absolute Gasteiger partial charge is 0.346 e. The Labute approximate surface area is 103 Å². The molecule has 0 aliphatic rings. The van der Waals surface area contributed by atoms with Gasteiger partial charge in [0.15, 0.2) is 0 Å². The lowest BCUT2D eigenvalue weighted by molar-refractivity contribution is 0.0701. The van der Waals surface area contributed by atoms with Crippen LogP contribution in [0.25, 0.3) is 0 Å². The third-order valence-electron chi connectivity index (χ3n) is 2.51. The summed E-state index contributed by atoms with van der Waals surface area (Å²) in [6.07, 6.45) is 0.579. The molecule has 17 heavy (non-hydrogen) atoms. The first-order valence-corrected chi connectivity index (χ1v) is 6.02. The Hall–Kier alpha value is -1.81. The van der Waals surface area contributed by atoms with Crippen molar-refractivity contribution in [2.45, 2.75) is 6.42 Å². The normalized spacial score (nSPS) is 10.2. The highest BCUT2D eigenvalue weighted by Crippen LogP contribution is 2.25. The van der Waals surface area contributed by atoms with Crippen LogP contribution >= 0.6 is 11.3 Å². The number of hydrogen-bond donors (Lipinski definition) is 1. The highest BCUT2D eigenvalue weighted by molar-refractivity contribution is 7.12. The Morgan fingerprint density at radius 1 is 1.29 bits per heavy atom. The summed E-state index contributed by atoms with van der Waals surface area (Å²) in [5.74, 6) is -0.0834. The van der Waals surface area contributed by atoms with Crippen molar-refractivity contribution >= 4 is 17.3 Å². The third kappa shape index (κ3) is 2.47. The molecule has 88 valence electrons. The van der Waals surface area contributed by atoms with Gasteiger partial charge in [0, 0.05) is 6.42 Å². The van der Waals surface area contributed by atoms with Gasteiger partial charge in [0.2, 0.25) is 0 Å². The van der Waals surface area contributed by atoms with E-state index >= 15 is 0 Å². The quantitative estimate of drug-likeness (QED) is 0.904. The molecule has 0 spiro atoms. The standard InChI is InChI=1S/C13H12O3S/c1-16-11-5-3-2-4-9(11)8-10-6-7-17-12(10)13(14)15/h2-7H,8H2,1H3,(H,14,15). The number of carboxylic acids is 1. The van der Waals surface area contributed by atoms with E-state index in [0.29, 0.717) is 11.3 Å². The van der Waals surface area contributed by atoms with E-state index in [1.807, 2.05) is 30.3 Å². The van der Waals surface area contributed by atoms with E-state index in [0.717, 1.165) is 16.9 Å². The minimum absolute atomic E-state index is 0.399. The van der Waals surface area contributed by atoms with Gasteiger partial charge in [0.1, 0.15) is 10.6 Å². The van der Waals surface area contributed by atoms with Crippen molar-refractivity contribution in [3.05, 3.63) is 51.7 Å². The first-order valence-electron chi connectivity index (χ1n) is 5.14. The number of para-hydroxylation sites is 1. The molecule has 0 bridgehead atoms. The Kier molecular flexibility index (Phi) is 3.44. The predicted octanol–water partition coefficient (Wildman–Crippen LogP) is 3.05. The molecule has 0 amide bonds. The molecule has 0 radical (unpaired) electrons. The number of ether oxygens (including phenoxy) is 1. The molecule has 1 heterocycles.